The van der Waals surface area contributed by atoms with Crippen molar-refractivity contribution in [1.29, 1.82) is 0 Å². The first-order valence-corrected chi connectivity index (χ1v) is 7.73. The third-order valence-corrected chi connectivity index (χ3v) is 4.43. The van der Waals surface area contributed by atoms with Gasteiger partial charge in [-0.25, -0.2) is 0 Å². The summed E-state index contributed by atoms with van der Waals surface area (Å²) in [5.74, 6) is 0. The smallest absolute Gasteiger partial charge is 0.0359 e. The Bertz CT molecular complexity index is 632. The van der Waals surface area contributed by atoms with Crippen molar-refractivity contribution in [3.8, 4) is 0 Å². The Hall–Kier alpha value is -1.39. The molecule has 3 radical (unpaired) electrons. The third-order valence-electron chi connectivity index (χ3n) is 2.90. The highest BCUT2D eigenvalue weighted by Gasteiger charge is 2.03. The fourth-order valence-electron chi connectivity index (χ4n) is 2.15. The van der Waals surface area contributed by atoms with Gasteiger partial charge < -0.3 is 0 Å². The van der Waals surface area contributed by atoms with Crippen LogP contribution in [-0.2, 0) is 0 Å². The molecule has 0 bridgehead atoms. The Morgan fingerprint density at radius 3 is 1.75 bits per heavy atom. The van der Waals surface area contributed by atoms with Crippen molar-refractivity contribution in [2.24, 2.45) is 0 Å². The van der Waals surface area contributed by atoms with Crippen LogP contribution in [0.4, 0.5) is 0 Å². The quantitative estimate of drug-likeness (QED) is 0.447. The maximum atomic E-state index is 3.68. The summed E-state index contributed by atoms with van der Waals surface area (Å²) in [4.78, 5) is 0. The van der Waals surface area contributed by atoms with Crippen molar-refractivity contribution in [1.82, 2.24) is 0 Å². The summed E-state index contributed by atoms with van der Waals surface area (Å²) in [6.45, 7) is 0. The molecule has 2 heteroatoms. The zero-order chi connectivity index (χ0) is 11.0. The van der Waals surface area contributed by atoms with Crippen LogP contribution >= 0.6 is 0 Å². The van der Waals surface area contributed by atoms with Crippen molar-refractivity contribution in [3.63, 3.8) is 0 Å². The molecule has 3 aromatic rings. The predicted molar refractivity (Wildman–Crippen MR) is 72.6 cm³/mol. The molecule has 0 aliphatic carbocycles. The fourth-order valence-corrected chi connectivity index (χ4v) is 3.68. The third kappa shape index (κ3) is 1.42. The molecule has 0 unspecified atom stereocenters. The van der Waals surface area contributed by atoms with Gasteiger partial charge in [-0.15, -0.1) is 0 Å². The van der Waals surface area contributed by atoms with E-state index in [9.17, 15) is 0 Å². The van der Waals surface area contributed by atoms with Crippen LogP contribution in [0.25, 0.3) is 21.5 Å². The van der Waals surface area contributed by atoms with E-state index in [1.165, 1.54) is 26.7 Å². The summed E-state index contributed by atoms with van der Waals surface area (Å²) < 4.78 is 0. The van der Waals surface area contributed by atoms with Crippen LogP contribution in [0.3, 0.4) is 0 Å². The first-order valence-electron chi connectivity index (χ1n) is 5.23. The van der Waals surface area contributed by atoms with E-state index in [1.807, 2.05) is 0 Å². The summed E-state index contributed by atoms with van der Waals surface area (Å²) in [7, 11) is 4.32. The maximum absolute atomic E-state index is 3.68. The van der Waals surface area contributed by atoms with Crippen LogP contribution in [0.2, 0.25) is 0 Å². The molecule has 3 rings (SSSR count). The second-order valence-corrected chi connectivity index (χ2v) is 5.32. The normalized spacial score (nSPS) is 10.8. The number of hydrogen-bond donors (Lipinski definition) is 0. The molecule has 0 spiro atoms. The zero-order valence-corrected chi connectivity index (χ0v) is 10.7. The Kier molecular flexibility index (Phi) is 2.38. The minimum atomic E-state index is 0.643. The van der Waals surface area contributed by atoms with Crippen LogP contribution in [0.1, 0.15) is 0 Å². The van der Waals surface area contributed by atoms with E-state index in [4.69, 9.17) is 0 Å². The first kappa shape index (κ1) is 9.81. The molecular formula is C14H9Si2. The first-order chi connectivity index (χ1) is 7.90. The van der Waals surface area contributed by atoms with Crippen molar-refractivity contribution < 1.29 is 0 Å². The van der Waals surface area contributed by atoms with Crippen molar-refractivity contribution in [3.05, 3.63) is 54.6 Å². The average molecular weight is 233 g/mol. The summed E-state index contributed by atoms with van der Waals surface area (Å²) in [6.07, 6.45) is 0. The molecule has 0 amide bonds. The fraction of sp³-hybridized carbons (Fsp3) is 0. The lowest BCUT2D eigenvalue weighted by atomic mass is 10.0. The van der Waals surface area contributed by atoms with E-state index in [2.05, 4.69) is 63.9 Å². The molecule has 0 fully saturated rings. The van der Waals surface area contributed by atoms with Gasteiger partial charge in [-0.3, -0.25) is 0 Å². The molecule has 73 valence electrons. The van der Waals surface area contributed by atoms with Gasteiger partial charge in [-0.05, 0) is 32.8 Å². The Morgan fingerprint density at radius 1 is 0.750 bits per heavy atom. The van der Waals surface area contributed by atoms with Crippen LogP contribution in [-0.4, -0.2) is 17.9 Å². The lowest BCUT2D eigenvalue weighted by molar-refractivity contribution is 1.78. The molecule has 0 aromatic heterocycles. The molecule has 0 heterocycles. The summed E-state index contributed by atoms with van der Waals surface area (Å²) >= 11 is 0. The van der Waals surface area contributed by atoms with Gasteiger partial charge in [0, 0.05) is 17.9 Å². The standard InChI is InChI=1S/C14H9Si2/c15-16-14-12-7-3-1-5-10(12)9-11-6-2-4-8-13(11)14/h1-9H. The molecule has 16 heavy (non-hydrogen) atoms. The predicted octanol–water partition coefficient (Wildman–Crippen LogP) is 2.41. The van der Waals surface area contributed by atoms with Crippen molar-refractivity contribution in [2.75, 3.05) is 0 Å². The van der Waals surface area contributed by atoms with E-state index in [-0.39, 0.29) is 0 Å². The minimum Gasteiger partial charge on any atom is -0.0616 e. The van der Waals surface area contributed by atoms with E-state index in [1.54, 1.807) is 0 Å². The van der Waals surface area contributed by atoms with Gasteiger partial charge in [0.2, 0.25) is 0 Å². The topological polar surface area (TPSA) is 0 Å². The lowest BCUT2D eigenvalue weighted by Crippen LogP contribution is -2.10. The van der Waals surface area contributed by atoms with Gasteiger partial charge in [0.05, 0.1) is 0 Å². The second-order valence-electron chi connectivity index (χ2n) is 3.82. The number of rotatable bonds is 1. The Labute approximate surface area is 99.5 Å². The Balaban J connectivity index is 2.61. The molecule has 3 aromatic carbocycles. The zero-order valence-electron chi connectivity index (χ0n) is 8.70. The van der Waals surface area contributed by atoms with Gasteiger partial charge >= 0.3 is 0 Å². The van der Waals surface area contributed by atoms with Gasteiger partial charge in [-0.2, -0.15) is 0 Å². The van der Waals surface area contributed by atoms with Crippen molar-refractivity contribution >= 4 is 44.7 Å². The van der Waals surface area contributed by atoms with Crippen LogP contribution in [0.15, 0.2) is 54.6 Å². The molecular weight excluding hydrogens is 224 g/mol. The van der Waals surface area contributed by atoms with E-state index in [0.717, 1.165) is 0 Å². The molecule has 0 nitrogen and oxygen atoms in total. The van der Waals surface area contributed by atoms with Crippen LogP contribution < -0.4 is 5.19 Å². The molecule has 0 N–H and O–H groups in total. The molecule has 0 aliphatic rings. The van der Waals surface area contributed by atoms with E-state index >= 15 is 0 Å². The highest BCUT2D eigenvalue weighted by Crippen LogP contribution is 2.19. The molecule has 0 saturated heterocycles. The summed E-state index contributed by atoms with van der Waals surface area (Å²) in [5, 5.41) is 6.76. The highest BCUT2D eigenvalue weighted by atomic mass is 28.8. The van der Waals surface area contributed by atoms with Gasteiger partial charge in [0.15, 0.2) is 0 Å². The largest absolute Gasteiger partial charge is 0.0616 e. The Morgan fingerprint density at radius 2 is 1.25 bits per heavy atom. The van der Waals surface area contributed by atoms with Gasteiger partial charge in [0.1, 0.15) is 0 Å². The average Bonchev–Trinajstić information content (AvgIpc) is 2.36. The molecule has 0 aliphatic heterocycles. The lowest BCUT2D eigenvalue weighted by Gasteiger charge is -2.07. The number of hydrogen-bond acceptors (Lipinski definition) is 0. The van der Waals surface area contributed by atoms with Crippen molar-refractivity contribution in [2.45, 2.75) is 0 Å². The summed E-state index contributed by atoms with van der Waals surface area (Å²) in [5.41, 5.74) is 0. The molecule has 0 atom stereocenters. The monoisotopic (exact) mass is 233 g/mol. The van der Waals surface area contributed by atoms with Crippen LogP contribution in [0.5, 0.6) is 0 Å². The minimum absolute atomic E-state index is 0.643. The molecule has 0 saturated carbocycles. The van der Waals surface area contributed by atoms with E-state index < -0.39 is 0 Å². The highest BCUT2D eigenvalue weighted by molar-refractivity contribution is 6.76. The van der Waals surface area contributed by atoms with Gasteiger partial charge in [0.25, 0.3) is 0 Å². The van der Waals surface area contributed by atoms with Gasteiger partial charge in [-0.1, -0.05) is 48.5 Å². The van der Waals surface area contributed by atoms with Crippen LogP contribution in [0, 0.1) is 0 Å². The maximum Gasteiger partial charge on any atom is 0.0359 e. The SMILES string of the molecule is [Si]=[Si]c1c2ccccc2cc2ccccc12. The number of fused-ring (bicyclic) bond motifs is 2. The second kappa shape index (κ2) is 3.88. The number of benzene rings is 3. The van der Waals surface area contributed by atoms with E-state index in [0.29, 0.717) is 8.61 Å². The summed E-state index contributed by atoms with van der Waals surface area (Å²) in [6, 6.07) is 19.4.